The second-order valence-electron chi connectivity index (χ2n) is 6.01. The topological polar surface area (TPSA) is 87.4 Å². The molecule has 3 N–H and O–H groups in total. The number of aliphatic hydroxyl groups excluding tert-OH is 1. The van der Waals surface area contributed by atoms with E-state index >= 15 is 0 Å². The van der Waals surface area contributed by atoms with E-state index in [9.17, 15) is 4.79 Å². The van der Waals surface area contributed by atoms with E-state index in [2.05, 4.69) is 15.6 Å². The third kappa shape index (κ3) is 4.85. The minimum Gasteiger partial charge on any atom is -0.444 e. The maximum Gasteiger partial charge on any atom is 0.315 e. The van der Waals surface area contributed by atoms with Crippen molar-refractivity contribution in [1.29, 1.82) is 0 Å². The Morgan fingerprint density at radius 2 is 2.05 bits per heavy atom. The van der Waals surface area contributed by atoms with Gasteiger partial charge in [-0.1, -0.05) is 20.8 Å². The van der Waals surface area contributed by atoms with Gasteiger partial charge < -0.3 is 20.2 Å². The molecule has 1 aromatic heterocycles. The predicted octanol–water partition coefficient (Wildman–Crippen LogP) is 1.89. The first-order chi connectivity index (χ1) is 9.24. The molecule has 1 rings (SSSR count). The second-order valence-corrected chi connectivity index (χ2v) is 6.01. The zero-order valence-electron chi connectivity index (χ0n) is 12.9. The van der Waals surface area contributed by atoms with Crippen molar-refractivity contribution in [3.05, 3.63) is 17.3 Å². The number of amides is 2. The molecule has 0 radical (unpaired) electrons. The SMILES string of the molecule is Cc1nc(CNC(=O)N[C@@H](CCO)C(C)(C)C)oc1C. The van der Waals surface area contributed by atoms with Crippen molar-refractivity contribution in [2.24, 2.45) is 5.41 Å². The lowest BCUT2D eigenvalue weighted by Crippen LogP contribution is -2.48. The number of aromatic nitrogens is 1. The van der Waals surface area contributed by atoms with Crippen LogP contribution in [0.3, 0.4) is 0 Å². The first kappa shape index (κ1) is 16.5. The molecule has 0 aliphatic heterocycles. The highest BCUT2D eigenvalue weighted by Gasteiger charge is 2.25. The average Bonchev–Trinajstić information content (AvgIpc) is 2.65. The minimum absolute atomic E-state index is 0.0420. The average molecular weight is 283 g/mol. The van der Waals surface area contributed by atoms with E-state index in [4.69, 9.17) is 9.52 Å². The zero-order chi connectivity index (χ0) is 15.3. The molecule has 0 fully saturated rings. The molecule has 0 saturated carbocycles. The van der Waals surface area contributed by atoms with Gasteiger partial charge in [-0.25, -0.2) is 9.78 Å². The standard InChI is InChI=1S/C14H25N3O3/c1-9-10(2)20-12(16-9)8-15-13(19)17-11(6-7-18)14(3,4)5/h11,18H,6-8H2,1-5H3,(H2,15,17,19)/t11-/m0/s1. The monoisotopic (exact) mass is 283 g/mol. The molecule has 1 heterocycles. The van der Waals surface area contributed by atoms with Crippen molar-refractivity contribution in [2.45, 2.75) is 53.6 Å². The van der Waals surface area contributed by atoms with Gasteiger partial charge in [0.05, 0.1) is 12.2 Å². The summed E-state index contributed by atoms with van der Waals surface area (Å²) >= 11 is 0. The number of nitrogens with one attached hydrogen (secondary N) is 2. The van der Waals surface area contributed by atoms with Gasteiger partial charge in [0.25, 0.3) is 0 Å². The van der Waals surface area contributed by atoms with Crippen LogP contribution in [0, 0.1) is 19.3 Å². The lowest BCUT2D eigenvalue weighted by atomic mass is 9.85. The van der Waals surface area contributed by atoms with Crippen LogP contribution in [0.5, 0.6) is 0 Å². The molecule has 0 aliphatic carbocycles. The third-order valence-electron chi connectivity index (χ3n) is 3.24. The predicted molar refractivity (Wildman–Crippen MR) is 76.3 cm³/mol. The Morgan fingerprint density at radius 1 is 1.40 bits per heavy atom. The van der Waals surface area contributed by atoms with Gasteiger partial charge in [0.2, 0.25) is 5.89 Å². The van der Waals surface area contributed by atoms with Gasteiger partial charge in [-0.15, -0.1) is 0 Å². The summed E-state index contributed by atoms with van der Waals surface area (Å²) in [6.07, 6.45) is 0.522. The number of carbonyl (C=O) groups excluding carboxylic acids is 1. The molecule has 0 unspecified atom stereocenters. The number of hydrogen-bond acceptors (Lipinski definition) is 4. The Kier molecular flexibility index (Phi) is 5.56. The van der Waals surface area contributed by atoms with Crippen molar-refractivity contribution in [3.63, 3.8) is 0 Å². The lowest BCUT2D eigenvalue weighted by molar-refractivity contribution is 0.188. The number of oxazole rings is 1. The highest BCUT2D eigenvalue weighted by molar-refractivity contribution is 5.74. The van der Waals surface area contributed by atoms with Gasteiger partial charge in [0, 0.05) is 12.6 Å². The van der Waals surface area contributed by atoms with Crippen LogP contribution in [0.2, 0.25) is 0 Å². The minimum atomic E-state index is -0.285. The van der Waals surface area contributed by atoms with Crippen molar-refractivity contribution in [3.8, 4) is 0 Å². The summed E-state index contributed by atoms with van der Waals surface area (Å²) in [5.41, 5.74) is 0.714. The summed E-state index contributed by atoms with van der Waals surface area (Å²) in [6.45, 7) is 10.1. The largest absolute Gasteiger partial charge is 0.444 e. The van der Waals surface area contributed by atoms with Crippen molar-refractivity contribution in [1.82, 2.24) is 15.6 Å². The van der Waals surface area contributed by atoms with Crippen LogP contribution < -0.4 is 10.6 Å². The van der Waals surface area contributed by atoms with Gasteiger partial charge in [0.15, 0.2) is 0 Å². The first-order valence-corrected chi connectivity index (χ1v) is 6.82. The smallest absolute Gasteiger partial charge is 0.315 e. The molecule has 0 spiro atoms. The molecular formula is C14H25N3O3. The fourth-order valence-electron chi connectivity index (χ4n) is 1.83. The maximum atomic E-state index is 11.9. The fraction of sp³-hybridized carbons (Fsp3) is 0.714. The lowest BCUT2D eigenvalue weighted by Gasteiger charge is -2.31. The van der Waals surface area contributed by atoms with Gasteiger partial charge >= 0.3 is 6.03 Å². The van der Waals surface area contributed by atoms with E-state index in [1.165, 1.54) is 0 Å². The summed E-state index contributed by atoms with van der Waals surface area (Å²) in [5, 5.41) is 14.6. The molecule has 0 aromatic carbocycles. The van der Waals surface area contributed by atoms with Crippen LogP contribution in [-0.4, -0.2) is 28.8 Å². The second kappa shape index (κ2) is 6.74. The number of aryl methyl sites for hydroxylation is 2. The molecular weight excluding hydrogens is 258 g/mol. The van der Waals surface area contributed by atoms with Crippen LogP contribution in [0.4, 0.5) is 4.79 Å². The Balaban J connectivity index is 2.49. The third-order valence-corrected chi connectivity index (χ3v) is 3.24. The van der Waals surface area contributed by atoms with Crippen molar-refractivity contribution < 1.29 is 14.3 Å². The molecule has 6 heteroatoms. The molecule has 0 aliphatic rings. The highest BCUT2D eigenvalue weighted by atomic mass is 16.4. The van der Waals surface area contributed by atoms with E-state index in [-0.39, 0.29) is 30.6 Å². The van der Waals surface area contributed by atoms with Crippen LogP contribution >= 0.6 is 0 Å². The van der Waals surface area contributed by atoms with E-state index in [1.54, 1.807) is 0 Å². The van der Waals surface area contributed by atoms with E-state index < -0.39 is 0 Å². The highest BCUT2D eigenvalue weighted by Crippen LogP contribution is 2.21. The van der Waals surface area contributed by atoms with Crippen molar-refractivity contribution in [2.75, 3.05) is 6.61 Å². The number of nitrogens with zero attached hydrogens (tertiary/aromatic N) is 1. The molecule has 0 bridgehead atoms. The molecule has 0 saturated heterocycles. The van der Waals surface area contributed by atoms with Gasteiger partial charge in [-0.2, -0.15) is 0 Å². The quantitative estimate of drug-likeness (QED) is 0.770. The zero-order valence-corrected chi connectivity index (χ0v) is 12.9. The van der Waals surface area contributed by atoms with Gasteiger partial charge in [-0.3, -0.25) is 0 Å². The summed E-state index contributed by atoms with van der Waals surface area (Å²) in [4.78, 5) is 16.1. The Hall–Kier alpha value is -1.56. The first-order valence-electron chi connectivity index (χ1n) is 6.82. The summed E-state index contributed by atoms with van der Waals surface area (Å²) < 4.78 is 5.39. The molecule has 2 amide bonds. The van der Waals surface area contributed by atoms with E-state index in [0.29, 0.717) is 12.3 Å². The van der Waals surface area contributed by atoms with E-state index in [0.717, 1.165) is 11.5 Å². The number of carbonyl (C=O) groups is 1. The normalized spacial score (nSPS) is 13.1. The van der Waals surface area contributed by atoms with Crippen LogP contribution in [0.15, 0.2) is 4.42 Å². The van der Waals surface area contributed by atoms with Gasteiger partial charge in [-0.05, 0) is 25.7 Å². The Morgan fingerprint density at radius 3 is 2.50 bits per heavy atom. The molecule has 20 heavy (non-hydrogen) atoms. The number of urea groups is 1. The van der Waals surface area contributed by atoms with Crippen molar-refractivity contribution >= 4 is 6.03 Å². The van der Waals surface area contributed by atoms with Crippen LogP contribution in [-0.2, 0) is 6.54 Å². The number of hydrogen-bond donors (Lipinski definition) is 3. The van der Waals surface area contributed by atoms with E-state index in [1.807, 2.05) is 34.6 Å². The van der Waals surface area contributed by atoms with Gasteiger partial charge in [0.1, 0.15) is 5.76 Å². The van der Waals surface area contributed by atoms with Crippen LogP contribution in [0.25, 0.3) is 0 Å². The summed E-state index contributed by atoms with van der Waals surface area (Å²) in [5.74, 6) is 1.25. The molecule has 1 atom stereocenters. The van der Waals surface area contributed by atoms with Crippen LogP contribution in [0.1, 0.15) is 44.5 Å². The Bertz CT molecular complexity index is 430. The molecule has 6 nitrogen and oxygen atoms in total. The summed E-state index contributed by atoms with van der Waals surface area (Å²) in [7, 11) is 0. The number of rotatable bonds is 5. The molecule has 114 valence electrons. The Labute approximate surface area is 120 Å². The maximum absolute atomic E-state index is 11.9. The number of aliphatic hydroxyl groups is 1. The summed E-state index contributed by atoms with van der Waals surface area (Å²) in [6, 6.07) is -0.382. The fourth-order valence-corrected chi connectivity index (χ4v) is 1.83. The molecule has 1 aromatic rings.